The Labute approximate surface area is 116 Å². The van der Waals surface area contributed by atoms with Crippen LogP contribution in [-0.2, 0) is 13.1 Å². The van der Waals surface area contributed by atoms with Gasteiger partial charge in [0.05, 0.1) is 12.2 Å². The van der Waals surface area contributed by atoms with Crippen LogP contribution in [0.25, 0.3) is 0 Å². The summed E-state index contributed by atoms with van der Waals surface area (Å²) in [6, 6.07) is 0. The van der Waals surface area contributed by atoms with E-state index in [-0.39, 0.29) is 0 Å². The minimum Gasteiger partial charge on any atom is -0.312 e. The van der Waals surface area contributed by atoms with E-state index in [4.69, 9.17) is 0 Å². The van der Waals surface area contributed by atoms with Gasteiger partial charge in [-0.05, 0) is 33.0 Å². The molecule has 1 aromatic rings. The van der Waals surface area contributed by atoms with Crippen molar-refractivity contribution in [3.63, 3.8) is 0 Å². The molecule has 4 heteroatoms. The van der Waals surface area contributed by atoms with Crippen LogP contribution < -0.4 is 5.32 Å². The number of hydrogen-bond acceptors (Lipinski definition) is 4. The number of hydrogen-bond donors (Lipinski definition) is 1. The molecule has 0 radical (unpaired) electrons. The van der Waals surface area contributed by atoms with Crippen LogP contribution in [0.1, 0.15) is 49.2 Å². The van der Waals surface area contributed by atoms with Crippen molar-refractivity contribution in [2.75, 3.05) is 19.6 Å². The van der Waals surface area contributed by atoms with E-state index < -0.39 is 0 Å². The van der Waals surface area contributed by atoms with Crippen molar-refractivity contribution < 1.29 is 0 Å². The summed E-state index contributed by atoms with van der Waals surface area (Å²) >= 11 is 1.86. The average Bonchev–Trinajstić information content (AvgIpc) is 2.72. The lowest BCUT2D eigenvalue weighted by molar-refractivity contribution is 0.295. The molecule has 0 amide bonds. The molecule has 0 saturated heterocycles. The van der Waals surface area contributed by atoms with Crippen molar-refractivity contribution in [1.82, 2.24) is 15.2 Å². The third kappa shape index (κ3) is 5.04. The van der Waals surface area contributed by atoms with E-state index in [9.17, 15) is 0 Å². The van der Waals surface area contributed by atoms with Crippen LogP contribution in [-0.4, -0.2) is 29.5 Å². The summed E-state index contributed by atoms with van der Waals surface area (Å²) < 4.78 is 0. The molecule has 0 aliphatic carbocycles. The smallest absolute Gasteiger partial charge is 0.107 e. The highest BCUT2D eigenvalue weighted by Gasteiger charge is 2.09. The van der Waals surface area contributed by atoms with Crippen LogP contribution in [0.3, 0.4) is 0 Å². The second kappa shape index (κ2) is 8.62. The number of aromatic nitrogens is 1. The quantitative estimate of drug-likeness (QED) is 0.698. The van der Waals surface area contributed by atoms with Crippen molar-refractivity contribution in [2.24, 2.45) is 0 Å². The lowest BCUT2D eigenvalue weighted by Gasteiger charge is -2.15. The normalized spacial score (nSPS) is 11.4. The minimum atomic E-state index is 0.974. The summed E-state index contributed by atoms with van der Waals surface area (Å²) in [6.07, 6.45) is 2.51. The standard InChI is InChI=1S/C14H27N3S/c1-5-8-9-15-10-13-12(4)16-14(18-13)11-17(6-2)7-3/h15H,5-11H2,1-4H3. The Morgan fingerprint density at radius 1 is 1.22 bits per heavy atom. The zero-order chi connectivity index (χ0) is 13.4. The molecular formula is C14H27N3S. The Hall–Kier alpha value is -0.450. The van der Waals surface area contributed by atoms with Crippen molar-refractivity contribution in [3.05, 3.63) is 15.6 Å². The predicted molar refractivity (Wildman–Crippen MR) is 80.1 cm³/mol. The highest BCUT2D eigenvalue weighted by Crippen LogP contribution is 2.19. The second-order valence-corrected chi connectivity index (χ2v) is 5.78. The number of nitrogens with zero attached hydrogens (tertiary/aromatic N) is 2. The van der Waals surface area contributed by atoms with Gasteiger partial charge in [-0.1, -0.05) is 27.2 Å². The fourth-order valence-electron chi connectivity index (χ4n) is 1.86. The first-order valence-corrected chi connectivity index (χ1v) is 7.91. The number of thiazole rings is 1. The average molecular weight is 269 g/mol. The Kier molecular flexibility index (Phi) is 7.47. The molecule has 0 aromatic carbocycles. The van der Waals surface area contributed by atoms with E-state index in [2.05, 4.69) is 42.9 Å². The Morgan fingerprint density at radius 2 is 1.94 bits per heavy atom. The molecule has 0 saturated carbocycles. The summed E-state index contributed by atoms with van der Waals surface area (Å²) in [7, 11) is 0. The van der Waals surface area contributed by atoms with Crippen LogP contribution >= 0.6 is 11.3 Å². The summed E-state index contributed by atoms with van der Waals surface area (Å²) in [4.78, 5) is 8.49. The molecule has 0 spiro atoms. The summed E-state index contributed by atoms with van der Waals surface area (Å²) in [5, 5.41) is 4.75. The Balaban J connectivity index is 2.47. The van der Waals surface area contributed by atoms with E-state index in [1.54, 1.807) is 0 Å². The third-order valence-corrected chi connectivity index (χ3v) is 4.33. The number of unbranched alkanes of at least 4 members (excludes halogenated alkanes) is 1. The minimum absolute atomic E-state index is 0.974. The van der Waals surface area contributed by atoms with Crippen molar-refractivity contribution >= 4 is 11.3 Å². The highest BCUT2D eigenvalue weighted by atomic mass is 32.1. The lowest BCUT2D eigenvalue weighted by atomic mass is 10.3. The predicted octanol–water partition coefficient (Wildman–Crippen LogP) is 3.18. The SMILES string of the molecule is CCCCNCc1sc(CN(CC)CC)nc1C. The van der Waals surface area contributed by atoms with Gasteiger partial charge in [-0.15, -0.1) is 11.3 Å². The zero-order valence-corrected chi connectivity index (χ0v) is 13.1. The van der Waals surface area contributed by atoms with Gasteiger partial charge in [0.15, 0.2) is 0 Å². The van der Waals surface area contributed by atoms with E-state index >= 15 is 0 Å². The maximum atomic E-state index is 4.68. The Morgan fingerprint density at radius 3 is 2.56 bits per heavy atom. The molecule has 0 aliphatic rings. The topological polar surface area (TPSA) is 28.2 Å². The van der Waals surface area contributed by atoms with Gasteiger partial charge in [-0.3, -0.25) is 4.90 Å². The van der Waals surface area contributed by atoms with E-state index in [1.165, 1.54) is 28.4 Å². The Bertz CT molecular complexity index is 332. The van der Waals surface area contributed by atoms with Gasteiger partial charge in [0, 0.05) is 11.4 Å². The molecule has 104 valence electrons. The maximum absolute atomic E-state index is 4.68. The van der Waals surface area contributed by atoms with E-state index in [0.717, 1.165) is 32.7 Å². The third-order valence-electron chi connectivity index (χ3n) is 3.18. The molecule has 1 aromatic heterocycles. The molecule has 3 nitrogen and oxygen atoms in total. The number of nitrogens with one attached hydrogen (secondary N) is 1. The van der Waals surface area contributed by atoms with Crippen molar-refractivity contribution in [2.45, 2.75) is 53.6 Å². The fraction of sp³-hybridized carbons (Fsp3) is 0.786. The number of rotatable bonds is 9. The molecular weight excluding hydrogens is 242 g/mol. The van der Waals surface area contributed by atoms with Crippen LogP contribution in [0.5, 0.6) is 0 Å². The molecule has 1 rings (SSSR count). The van der Waals surface area contributed by atoms with E-state index in [0.29, 0.717) is 0 Å². The van der Waals surface area contributed by atoms with E-state index in [1.807, 2.05) is 11.3 Å². The van der Waals surface area contributed by atoms with Gasteiger partial charge in [0.1, 0.15) is 5.01 Å². The van der Waals surface area contributed by atoms with Crippen molar-refractivity contribution in [3.8, 4) is 0 Å². The van der Waals surface area contributed by atoms with Gasteiger partial charge in [0.2, 0.25) is 0 Å². The zero-order valence-electron chi connectivity index (χ0n) is 12.3. The fourth-order valence-corrected chi connectivity index (χ4v) is 2.94. The number of aryl methyl sites for hydroxylation is 1. The molecule has 0 aliphatic heterocycles. The summed E-state index contributed by atoms with van der Waals surface area (Å²) in [5.41, 5.74) is 1.20. The van der Waals surface area contributed by atoms with Gasteiger partial charge in [0.25, 0.3) is 0 Å². The molecule has 0 unspecified atom stereocenters. The maximum Gasteiger partial charge on any atom is 0.107 e. The summed E-state index contributed by atoms with van der Waals surface area (Å²) in [6.45, 7) is 14.0. The molecule has 0 fully saturated rings. The van der Waals surface area contributed by atoms with Crippen LogP contribution in [0.4, 0.5) is 0 Å². The van der Waals surface area contributed by atoms with Crippen molar-refractivity contribution in [1.29, 1.82) is 0 Å². The molecule has 1 N–H and O–H groups in total. The second-order valence-electron chi connectivity index (χ2n) is 4.61. The highest BCUT2D eigenvalue weighted by molar-refractivity contribution is 7.11. The summed E-state index contributed by atoms with van der Waals surface area (Å²) in [5.74, 6) is 0. The van der Waals surface area contributed by atoms with Crippen LogP contribution in [0.15, 0.2) is 0 Å². The molecule has 18 heavy (non-hydrogen) atoms. The molecule has 0 atom stereocenters. The first-order chi connectivity index (χ1) is 8.71. The molecule has 1 heterocycles. The monoisotopic (exact) mass is 269 g/mol. The van der Waals surface area contributed by atoms with Gasteiger partial charge < -0.3 is 5.32 Å². The van der Waals surface area contributed by atoms with Crippen LogP contribution in [0.2, 0.25) is 0 Å². The molecule has 0 bridgehead atoms. The first-order valence-electron chi connectivity index (χ1n) is 7.09. The largest absolute Gasteiger partial charge is 0.312 e. The van der Waals surface area contributed by atoms with Crippen LogP contribution in [0, 0.1) is 6.92 Å². The lowest BCUT2D eigenvalue weighted by Crippen LogP contribution is -2.21. The van der Waals surface area contributed by atoms with Gasteiger partial charge >= 0.3 is 0 Å². The van der Waals surface area contributed by atoms with Gasteiger partial charge in [-0.25, -0.2) is 4.98 Å². The first kappa shape index (κ1) is 15.6. The van der Waals surface area contributed by atoms with Gasteiger partial charge in [-0.2, -0.15) is 0 Å².